The minimum absolute atomic E-state index is 0.0678. The van der Waals surface area contributed by atoms with Gasteiger partial charge < -0.3 is 44.0 Å². The van der Waals surface area contributed by atoms with E-state index in [0.717, 1.165) is 33.4 Å². The topological polar surface area (TPSA) is 125 Å². The van der Waals surface area contributed by atoms with Crippen molar-refractivity contribution in [2.45, 2.75) is 95.7 Å². The van der Waals surface area contributed by atoms with Crippen LogP contribution in [0.5, 0.6) is 0 Å². The molecule has 5 aromatic rings. The van der Waals surface area contributed by atoms with Gasteiger partial charge in [-0.25, -0.2) is 0 Å². The summed E-state index contributed by atoms with van der Waals surface area (Å²) < 4.78 is 40.3. The van der Waals surface area contributed by atoms with E-state index in [1.165, 1.54) is 0 Å². The van der Waals surface area contributed by atoms with Crippen molar-refractivity contribution in [1.29, 1.82) is 0 Å². The zero-order valence-electron chi connectivity index (χ0n) is 44.2. The molecule has 394 valence electrons. The highest BCUT2D eigenvalue weighted by Crippen LogP contribution is 2.32. The van der Waals surface area contributed by atoms with Crippen molar-refractivity contribution in [2.24, 2.45) is 0 Å². The Hall–Kier alpha value is -9.59. The molecule has 1 heterocycles. The summed E-state index contributed by atoms with van der Waals surface area (Å²) in [5.74, 6) is 54.8. The summed E-state index contributed by atoms with van der Waals surface area (Å²) in [5, 5.41) is 26.1. The number of aliphatic hydroxyl groups excluding tert-OH is 2. The number of hydrogen-bond donors (Lipinski definition) is 3. The SMILES string of the molecule is CC#CC#CC#CC#CC#CC#CC#CC#CC#CC#CC#CC(=O)N[C@@H](COC1OC(COCc2ccccc2)C(OCc2ccccc2)C(OCc2ccccc2)C1OCc1ccccc1)[C@H](O)[C@H](O)Cc1ccc(C)cc1. The predicted octanol–water partition coefficient (Wildman–Crippen LogP) is 6.52. The highest BCUT2D eigenvalue weighted by molar-refractivity contribution is 5.94. The van der Waals surface area contributed by atoms with Gasteiger partial charge in [0.25, 0.3) is 5.91 Å². The van der Waals surface area contributed by atoms with E-state index in [1.54, 1.807) is 6.92 Å². The third-order valence-electron chi connectivity index (χ3n) is 11.5. The van der Waals surface area contributed by atoms with Crippen LogP contribution in [0.25, 0.3) is 0 Å². The minimum Gasteiger partial charge on any atom is -0.390 e. The first-order valence-corrected chi connectivity index (χ1v) is 25.4. The molecule has 0 bridgehead atoms. The lowest BCUT2D eigenvalue weighted by Crippen LogP contribution is -2.62. The van der Waals surface area contributed by atoms with E-state index < -0.39 is 54.9 Å². The maximum Gasteiger partial charge on any atom is 0.297 e. The highest BCUT2D eigenvalue weighted by Gasteiger charge is 2.49. The van der Waals surface area contributed by atoms with Gasteiger partial charge in [0.1, 0.15) is 30.5 Å². The number of aliphatic hydroxyl groups is 2. The molecule has 1 aliphatic heterocycles. The Balaban J connectivity index is 1.23. The smallest absolute Gasteiger partial charge is 0.297 e. The van der Waals surface area contributed by atoms with Crippen molar-refractivity contribution in [3.05, 3.63) is 179 Å². The zero-order valence-corrected chi connectivity index (χ0v) is 44.2. The standard InChI is InChI=1S/C70H55NO9/c1-3-4-5-6-7-8-9-10-11-12-13-14-15-16-17-18-19-20-21-22-35-44-65(73)71-62(66(74)63(72)49-57-47-45-56(2)46-48-57)54-79-70-69(78-53-61-42-33-26-34-43-61)68(77-52-60-40-31-25-32-41-60)67(76-51-59-38-29-24-30-39-59)64(80-70)55-75-50-58-36-27-23-28-37-58/h23-34,36-43,45-48,62-64,66-70,72,74H,49-55H2,1-2H3,(H,71,73)/t62-,63+,64?,66-,67?,68?,69?,70?/m0/s1. The Morgan fingerprint density at radius 2 is 0.887 bits per heavy atom. The van der Waals surface area contributed by atoms with Crippen LogP contribution in [0.2, 0.25) is 0 Å². The van der Waals surface area contributed by atoms with Gasteiger partial charge in [0, 0.05) is 36.0 Å². The predicted molar refractivity (Wildman–Crippen MR) is 306 cm³/mol. The second-order valence-electron chi connectivity index (χ2n) is 17.4. The van der Waals surface area contributed by atoms with E-state index in [0.29, 0.717) is 6.61 Å². The van der Waals surface area contributed by atoms with Crippen molar-refractivity contribution >= 4 is 5.91 Å². The molecule has 0 radical (unpaired) electrons. The van der Waals surface area contributed by atoms with E-state index in [4.69, 9.17) is 28.4 Å². The van der Waals surface area contributed by atoms with E-state index in [1.807, 2.05) is 153 Å². The Kier molecular flexibility index (Phi) is 26.6. The van der Waals surface area contributed by atoms with Crippen molar-refractivity contribution in [2.75, 3.05) is 13.2 Å². The largest absolute Gasteiger partial charge is 0.390 e. The van der Waals surface area contributed by atoms with Gasteiger partial charge >= 0.3 is 0 Å². The fraction of sp³-hybridized carbons (Fsp3) is 0.243. The first-order chi connectivity index (χ1) is 39.4. The number of carbonyl (C=O) groups is 1. The van der Waals surface area contributed by atoms with Gasteiger partial charge in [-0.2, -0.15) is 0 Å². The zero-order chi connectivity index (χ0) is 56.1. The van der Waals surface area contributed by atoms with Crippen molar-refractivity contribution < 1.29 is 43.4 Å². The highest BCUT2D eigenvalue weighted by atomic mass is 16.7. The number of carbonyl (C=O) groups excluding carboxylic acids is 1. The van der Waals surface area contributed by atoms with Gasteiger partial charge in [-0.1, -0.05) is 157 Å². The lowest BCUT2D eigenvalue weighted by Gasteiger charge is -2.46. The van der Waals surface area contributed by atoms with Crippen LogP contribution >= 0.6 is 0 Å². The summed E-state index contributed by atoms with van der Waals surface area (Å²) in [6, 6.07) is 45.3. The number of benzene rings is 5. The van der Waals surface area contributed by atoms with Crippen LogP contribution in [0, 0.1) is 137 Å². The molecule has 1 amide bonds. The monoisotopic (exact) mass is 1050 g/mol. The summed E-state index contributed by atoms with van der Waals surface area (Å²) in [5.41, 5.74) is 5.51. The number of nitrogens with one attached hydrogen (secondary N) is 1. The lowest BCUT2D eigenvalue weighted by atomic mass is 9.97. The lowest BCUT2D eigenvalue weighted by molar-refractivity contribution is -0.329. The maximum atomic E-state index is 13.5. The number of rotatable bonds is 21. The number of hydrogen-bond acceptors (Lipinski definition) is 9. The fourth-order valence-electron chi connectivity index (χ4n) is 7.58. The van der Waals surface area contributed by atoms with Gasteiger partial charge in [-0.15, -0.1) is 0 Å². The van der Waals surface area contributed by atoms with Gasteiger partial charge in [-0.3, -0.25) is 4.79 Å². The van der Waals surface area contributed by atoms with Crippen molar-refractivity contribution in [1.82, 2.24) is 5.32 Å². The summed E-state index contributed by atoms with van der Waals surface area (Å²) in [6.07, 6.45) is -7.33. The van der Waals surface area contributed by atoms with Crippen molar-refractivity contribution in [3.63, 3.8) is 0 Å². The quantitative estimate of drug-likeness (QED) is 0.0706. The second kappa shape index (κ2) is 35.7. The van der Waals surface area contributed by atoms with E-state index in [-0.39, 0.29) is 39.5 Å². The van der Waals surface area contributed by atoms with E-state index in [2.05, 4.69) is 136 Å². The second-order valence-corrected chi connectivity index (χ2v) is 17.4. The van der Waals surface area contributed by atoms with Crippen LogP contribution < -0.4 is 5.32 Å². The third-order valence-corrected chi connectivity index (χ3v) is 11.5. The molecule has 80 heavy (non-hydrogen) atoms. The van der Waals surface area contributed by atoms with Gasteiger partial charge in [-0.05, 0) is 136 Å². The molecule has 10 nitrogen and oxygen atoms in total. The van der Waals surface area contributed by atoms with E-state index in [9.17, 15) is 15.0 Å². The van der Waals surface area contributed by atoms with Crippen LogP contribution in [0.1, 0.15) is 40.3 Å². The Bertz CT molecular complexity index is 3530. The van der Waals surface area contributed by atoms with Crippen LogP contribution in [0.3, 0.4) is 0 Å². The minimum atomic E-state index is -1.55. The molecule has 10 heteroatoms. The normalized spacial score (nSPS) is 16.2. The molecule has 5 unspecified atom stereocenters. The van der Waals surface area contributed by atoms with Crippen molar-refractivity contribution in [3.8, 4) is 130 Å². The molecule has 1 fully saturated rings. The maximum absolute atomic E-state index is 13.5. The average molecular weight is 1050 g/mol. The summed E-state index contributed by atoms with van der Waals surface area (Å²) in [7, 11) is 0. The molecule has 0 aliphatic carbocycles. The van der Waals surface area contributed by atoms with Crippen LogP contribution in [0.4, 0.5) is 0 Å². The Labute approximate surface area is 470 Å². The van der Waals surface area contributed by atoms with Gasteiger partial charge in [0.15, 0.2) is 6.29 Å². The Morgan fingerprint density at radius 1 is 0.487 bits per heavy atom. The van der Waals surface area contributed by atoms with Crippen LogP contribution in [0.15, 0.2) is 146 Å². The molecule has 5 aromatic carbocycles. The first kappa shape index (κ1) is 59.7. The molecule has 1 saturated heterocycles. The third kappa shape index (κ3) is 22.6. The number of ether oxygens (including phenoxy) is 6. The van der Waals surface area contributed by atoms with E-state index >= 15 is 0 Å². The molecule has 8 atom stereocenters. The molecule has 0 spiro atoms. The molecular weight excluding hydrogens is 999 g/mol. The van der Waals surface area contributed by atoms with Crippen LogP contribution in [-0.4, -0.2) is 78.3 Å². The number of amides is 1. The summed E-state index contributed by atoms with van der Waals surface area (Å²) in [4.78, 5) is 13.5. The molecule has 0 aromatic heterocycles. The van der Waals surface area contributed by atoms with Crippen LogP contribution in [-0.2, 0) is 66.1 Å². The first-order valence-electron chi connectivity index (χ1n) is 25.4. The molecule has 3 N–H and O–H groups in total. The molecule has 0 saturated carbocycles. The molecular formula is C70H55NO9. The molecule has 1 aliphatic rings. The summed E-state index contributed by atoms with van der Waals surface area (Å²) in [6.45, 7) is 4.19. The van der Waals surface area contributed by atoms with Gasteiger partial charge in [0.2, 0.25) is 0 Å². The number of aryl methyl sites for hydroxylation is 1. The Morgan fingerprint density at radius 3 is 1.34 bits per heavy atom. The average Bonchev–Trinajstić information content (AvgIpc) is 3.49. The molecule has 6 rings (SSSR count). The summed E-state index contributed by atoms with van der Waals surface area (Å²) >= 11 is 0. The fourth-order valence-corrected chi connectivity index (χ4v) is 7.58. The van der Waals surface area contributed by atoms with Gasteiger partial charge in [0.05, 0.1) is 51.8 Å².